The van der Waals surface area contributed by atoms with Gasteiger partial charge in [-0.15, -0.1) is 0 Å². The van der Waals surface area contributed by atoms with Crippen LogP contribution in [0.2, 0.25) is 0 Å². The highest BCUT2D eigenvalue weighted by atomic mass is 16.5. The molecule has 31 heavy (non-hydrogen) atoms. The fourth-order valence-corrected chi connectivity index (χ4v) is 3.20. The van der Waals surface area contributed by atoms with Crippen molar-refractivity contribution in [2.45, 2.75) is 53.9 Å². The maximum absolute atomic E-state index is 12.8. The summed E-state index contributed by atoms with van der Waals surface area (Å²) in [7, 11) is 0. The average molecular weight is 424 g/mol. The highest BCUT2D eigenvalue weighted by molar-refractivity contribution is 5.95. The number of carbonyl (C=O) groups excluding carboxylic acids is 1. The molecule has 0 fully saturated rings. The van der Waals surface area contributed by atoms with Crippen LogP contribution in [0.5, 0.6) is 5.75 Å². The molecule has 0 bridgehead atoms. The molecule has 5 heteroatoms. The molecule has 0 spiro atoms. The van der Waals surface area contributed by atoms with Crippen molar-refractivity contribution in [3.63, 3.8) is 0 Å². The molecule has 2 rings (SSSR count). The zero-order valence-electron chi connectivity index (χ0n) is 19.1. The average Bonchev–Trinajstić information content (AvgIpc) is 2.71. The van der Waals surface area contributed by atoms with Crippen molar-refractivity contribution in [1.29, 1.82) is 0 Å². The van der Waals surface area contributed by atoms with E-state index in [1.165, 1.54) is 0 Å². The van der Waals surface area contributed by atoms with E-state index in [2.05, 4.69) is 11.4 Å². The molecular weight excluding hydrogens is 390 g/mol. The molecule has 166 valence electrons. The molecule has 2 aromatic rings. The van der Waals surface area contributed by atoms with Crippen molar-refractivity contribution in [2.75, 3.05) is 11.9 Å². The Labute approximate surface area is 185 Å². The second-order valence-electron chi connectivity index (χ2n) is 8.51. The Bertz CT molecular complexity index is 960. The van der Waals surface area contributed by atoms with Crippen molar-refractivity contribution in [2.24, 2.45) is 5.41 Å². The number of carbonyl (C=O) groups is 2. The first-order chi connectivity index (χ1) is 14.6. The predicted octanol–water partition coefficient (Wildman–Crippen LogP) is 6.01. The molecule has 0 saturated carbocycles. The molecule has 1 amide bonds. The quantitative estimate of drug-likeness (QED) is 0.363. The van der Waals surface area contributed by atoms with Gasteiger partial charge in [-0.2, -0.15) is 0 Å². The number of aliphatic carboxylic acids is 1. The summed E-state index contributed by atoms with van der Waals surface area (Å²) in [5, 5.41) is 12.2. The molecule has 2 aromatic carbocycles. The van der Waals surface area contributed by atoms with Crippen molar-refractivity contribution < 1.29 is 19.4 Å². The summed E-state index contributed by atoms with van der Waals surface area (Å²) >= 11 is 0. The Morgan fingerprint density at radius 2 is 1.87 bits per heavy atom. The van der Waals surface area contributed by atoms with Crippen LogP contribution in [0.1, 0.15) is 56.7 Å². The Hall–Kier alpha value is -3.08. The van der Waals surface area contributed by atoms with Gasteiger partial charge in [-0.1, -0.05) is 45.0 Å². The topological polar surface area (TPSA) is 75.6 Å². The fourth-order valence-electron chi connectivity index (χ4n) is 3.20. The maximum Gasteiger partial charge on any atom is 0.331 e. The van der Waals surface area contributed by atoms with Crippen LogP contribution in [0, 0.1) is 19.3 Å². The smallest absolute Gasteiger partial charge is 0.331 e. The van der Waals surface area contributed by atoms with E-state index in [4.69, 9.17) is 4.74 Å². The van der Waals surface area contributed by atoms with Gasteiger partial charge in [0.05, 0.1) is 6.61 Å². The predicted molar refractivity (Wildman–Crippen MR) is 125 cm³/mol. The van der Waals surface area contributed by atoms with Crippen LogP contribution in [0.25, 0.3) is 6.08 Å². The molecule has 5 nitrogen and oxygen atoms in total. The number of nitrogens with one attached hydrogen (secondary N) is 1. The second kappa shape index (κ2) is 10.8. The fraction of sp³-hybridized carbons (Fsp3) is 0.385. The third-order valence-electron chi connectivity index (χ3n) is 5.30. The maximum atomic E-state index is 12.8. The highest BCUT2D eigenvalue weighted by Gasteiger charge is 2.27. The molecule has 0 radical (unpaired) electrons. The van der Waals surface area contributed by atoms with E-state index in [9.17, 15) is 14.7 Å². The largest absolute Gasteiger partial charge is 0.493 e. The van der Waals surface area contributed by atoms with Crippen LogP contribution < -0.4 is 10.1 Å². The van der Waals surface area contributed by atoms with Crippen LogP contribution in [0.15, 0.2) is 48.0 Å². The lowest BCUT2D eigenvalue weighted by Gasteiger charge is -2.24. The molecular formula is C26H33NO4. The van der Waals surface area contributed by atoms with E-state index >= 15 is 0 Å². The second-order valence-corrected chi connectivity index (χ2v) is 8.51. The zero-order chi connectivity index (χ0) is 23.0. The van der Waals surface area contributed by atoms with Crippen LogP contribution in [0.4, 0.5) is 5.69 Å². The Kier molecular flexibility index (Phi) is 8.43. The number of hydrogen-bond acceptors (Lipinski definition) is 3. The number of amides is 1. The standard InChI is InChI=1S/C26H33NO4/c1-6-21(24(28)29)16-20-9-7-10-22(17-20)27-25(30)26(4,5)13-8-14-31-23-15-18(2)11-12-19(23)3/h7,9-12,15-17H,6,8,13-14H2,1-5H3,(H,27,30)(H,28,29)/b21-16+. The van der Waals surface area contributed by atoms with Crippen molar-refractivity contribution >= 4 is 23.6 Å². The summed E-state index contributed by atoms with van der Waals surface area (Å²) in [4.78, 5) is 24.1. The molecule has 0 saturated heterocycles. The van der Waals surface area contributed by atoms with E-state index in [1.54, 1.807) is 25.1 Å². The summed E-state index contributed by atoms with van der Waals surface area (Å²) in [5.74, 6) is -0.115. The minimum atomic E-state index is -0.929. The van der Waals surface area contributed by atoms with Crippen LogP contribution in [-0.4, -0.2) is 23.6 Å². The lowest BCUT2D eigenvalue weighted by molar-refractivity contribution is -0.132. The van der Waals surface area contributed by atoms with E-state index in [-0.39, 0.29) is 5.91 Å². The summed E-state index contributed by atoms with van der Waals surface area (Å²) in [6, 6.07) is 13.4. The van der Waals surface area contributed by atoms with Crippen molar-refractivity contribution in [3.8, 4) is 5.75 Å². The number of hydrogen-bond donors (Lipinski definition) is 2. The van der Waals surface area contributed by atoms with Gasteiger partial charge in [0.1, 0.15) is 5.75 Å². The van der Waals surface area contributed by atoms with Gasteiger partial charge in [-0.05, 0) is 74.1 Å². The number of anilines is 1. The molecule has 0 atom stereocenters. The minimum Gasteiger partial charge on any atom is -0.493 e. The SMILES string of the molecule is CC/C(=C\c1cccc(NC(=O)C(C)(C)CCCOc2cc(C)ccc2C)c1)C(=O)O. The van der Waals surface area contributed by atoms with Crippen LogP contribution in [-0.2, 0) is 9.59 Å². The first-order valence-electron chi connectivity index (χ1n) is 10.7. The molecule has 2 N–H and O–H groups in total. The van der Waals surface area contributed by atoms with Gasteiger partial charge >= 0.3 is 5.97 Å². The molecule has 0 aliphatic rings. The van der Waals surface area contributed by atoms with Crippen molar-refractivity contribution in [3.05, 3.63) is 64.7 Å². The Morgan fingerprint density at radius 3 is 2.55 bits per heavy atom. The van der Waals surface area contributed by atoms with E-state index in [0.717, 1.165) is 28.9 Å². The normalized spacial score (nSPS) is 11.8. The number of ether oxygens (including phenoxy) is 1. The van der Waals surface area contributed by atoms with Gasteiger partial charge in [0.25, 0.3) is 0 Å². The van der Waals surface area contributed by atoms with E-state index < -0.39 is 11.4 Å². The number of aryl methyl sites for hydroxylation is 2. The zero-order valence-corrected chi connectivity index (χ0v) is 19.1. The summed E-state index contributed by atoms with van der Waals surface area (Å²) in [6.07, 6.45) is 3.51. The first kappa shape index (κ1) is 24.2. The van der Waals surface area contributed by atoms with Crippen LogP contribution in [0.3, 0.4) is 0 Å². The lowest BCUT2D eigenvalue weighted by Crippen LogP contribution is -2.31. The summed E-state index contributed by atoms with van der Waals surface area (Å²) in [6.45, 7) is 10.3. The van der Waals surface area contributed by atoms with E-state index in [0.29, 0.717) is 30.7 Å². The number of carboxylic acids is 1. The third kappa shape index (κ3) is 7.28. The summed E-state index contributed by atoms with van der Waals surface area (Å²) in [5.41, 5.74) is 3.42. The number of rotatable bonds is 10. The van der Waals surface area contributed by atoms with E-state index in [1.807, 2.05) is 52.0 Å². The minimum absolute atomic E-state index is 0.0747. The molecule has 0 aliphatic carbocycles. The molecule has 0 unspecified atom stereocenters. The number of carboxylic acid groups (broad SMARTS) is 1. The summed E-state index contributed by atoms with van der Waals surface area (Å²) < 4.78 is 5.91. The molecule has 0 heterocycles. The van der Waals surface area contributed by atoms with Gasteiger partial charge in [-0.3, -0.25) is 4.79 Å². The van der Waals surface area contributed by atoms with Gasteiger partial charge in [-0.25, -0.2) is 4.79 Å². The lowest BCUT2D eigenvalue weighted by atomic mass is 9.87. The monoisotopic (exact) mass is 423 g/mol. The van der Waals surface area contributed by atoms with Gasteiger partial charge in [0.2, 0.25) is 5.91 Å². The molecule has 0 aromatic heterocycles. The Morgan fingerprint density at radius 1 is 1.13 bits per heavy atom. The Balaban J connectivity index is 1.94. The molecule has 0 aliphatic heterocycles. The first-order valence-corrected chi connectivity index (χ1v) is 10.7. The van der Waals surface area contributed by atoms with Gasteiger partial charge in [0, 0.05) is 16.7 Å². The van der Waals surface area contributed by atoms with Crippen LogP contribution >= 0.6 is 0 Å². The number of benzene rings is 2. The third-order valence-corrected chi connectivity index (χ3v) is 5.30. The van der Waals surface area contributed by atoms with Crippen molar-refractivity contribution in [1.82, 2.24) is 0 Å². The highest BCUT2D eigenvalue weighted by Crippen LogP contribution is 2.26. The van der Waals surface area contributed by atoms with Gasteiger partial charge in [0.15, 0.2) is 0 Å². The van der Waals surface area contributed by atoms with Gasteiger partial charge < -0.3 is 15.2 Å².